The van der Waals surface area contributed by atoms with Crippen molar-refractivity contribution in [2.75, 3.05) is 0 Å². The Bertz CT molecular complexity index is 2900. The van der Waals surface area contributed by atoms with Crippen molar-refractivity contribution in [2.45, 2.75) is 9.79 Å². The summed E-state index contributed by atoms with van der Waals surface area (Å²) in [5.41, 5.74) is 8.67. The highest BCUT2D eigenvalue weighted by Crippen LogP contribution is 2.51. The van der Waals surface area contributed by atoms with Gasteiger partial charge in [-0.25, -0.2) is 0 Å². The Hall–Kier alpha value is -5.29. The molecule has 0 N–H and O–H groups in total. The zero-order valence-electron chi connectivity index (χ0n) is 24.6. The molecule has 4 heteroatoms. The predicted molar refractivity (Wildman–Crippen MR) is 198 cm³/mol. The Morgan fingerprint density at radius 1 is 0.478 bits per heavy atom. The molecule has 0 radical (unpaired) electrons. The van der Waals surface area contributed by atoms with Crippen LogP contribution in [0.4, 0.5) is 0 Å². The third kappa shape index (κ3) is 3.27. The number of aromatic nitrogens is 2. The van der Waals surface area contributed by atoms with Gasteiger partial charge in [0, 0.05) is 51.8 Å². The summed E-state index contributed by atoms with van der Waals surface area (Å²) in [7, 11) is 0. The number of hydrogen-bond acceptors (Lipinski definition) is 2. The van der Waals surface area contributed by atoms with E-state index < -0.39 is 0 Å². The molecule has 4 heterocycles. The molecule has 214 valence electrons. The summed E-state index contributed by atoms with van der Waals surface area (Å²) in [6.45, 7) is 0. The van der Waals surface area contributed by atoms with Crippen LogP contribution in [0.5, 0.6) is 0 Å². The van der Waals surface area contributed by atoms with Gasteiger partial charge < -0.3 is 0 Å². The van der Waals surface area contributed by atoms with Crippen molar-refractivity contribution in [3.05, 3.63) is 146 Å². The minimum Gasteiger partial charge on any atom is -0.295 e. The fourth-order valence-electron chi connectivity index (χ4n) is 7.73. The fraction of sp³-hybridized carbons (Fsp3) is 0. The predicted octanol–water partition coefficient (Wildman–Crippen LogP) is 12.4. The minimum atomic E-state index is 1.19. The highest BCUT2D eigenvalue weighted by molar-refractivity contribution is 7.99. The van der Waals surface area contributed by atoms with Crippen LogP contribution < -0.4 is 0 Å². The van der Waals surface area contributed by atoms with Gasteiger partial charge in [-0.05, 0) is 70.4 Å². The van der Waals surface area contributed by atoms with Gasteiger partial charge in [-0.2, -0.15) is 0 Å². The van der Waals surface area contributed by atoms with Gasteiger partial charge in [-0.15, -0.1) is 11.3 Å². The molecule has 0 bridgehead atoms. The second-order valence-electron chi connectivity index (χ2n) is 12.1. The zero-order valence-corrected chi connectivity index (χ0v) is 26.2. The standard InChI is InChI=1S/C42H24N2S2/c1-2-10-26-23-27(20-19-25(26)9-1)29-12-7-15-34-39(29)40-32-13-8-18-37-41(32)44(33-14-4-6-17-36(33)46-37)42(40)43(34)28-21-22-31-30-11-3-5-16-35(30)45-38(31)24-28/h1-24H. The normalized spacial score (nSPS) is 12.7. The SMILES string of the molecule is c1ccc2c(c1)Sc1cccc3c4c5c(-c6ccc7ccccc7c6)cccc5n(-c5ccc6c(c5)sc5ccccc56)c4n-2c13. The van der Waals surface area contributed by atoms with E-state index in [1.165, 1.54) is 96.1 Å². The number of nitrogens with zero attached hydrogens (tertiary/aromatic N) is 2. The largest absolute Gasteiger partial charge is 0.295 e. The van der Waals surface area contributed by atoms with Crippen LogP contribution in [0.3, 0.4) is 0 Å². The molecule has 1 aliphatic heterocycles. The molecule has 1 aliphatic rings. The van der Waals surface area contributed by atoms with Crippen LogP contribution in [0, 0.1) is 0 Å². The van der Waals surface area contributed by atoms with Crippen molar-refractivity contribution in [1.82, 2.24) is 9.13 Å². The molecular formula is C42H24N2S2. The van der Waals surface area contributed by atoms with Crippen molar-refractivity contribution in [3.8, 4) is 22.5 Å². The Kier molecular flexibility index (Phi) is 4.96. The Labute approximate surface area is 272 Å². The number of benzene rings is 7. The summed E-state index contributed by atoms with van der Waals surface area (Å²) in [6.07, 6.45) is 0. The Morgan fingerprint density at radius 2 is 1.26 bits per heavy atom. The summed E-state index contributed by atoms with van der Waals surface area (Å²) in [4.78, 5) is 2.58. The van der Waals surface area contributed by atoms with E-state index in [9.17, 15) is 0 Å². The molecular weight excluding hydrogens is 597 g/mol. The molecule has 0 atom stereocenters. The second-order valence-corrected chi connectivity index (χ2v) is 14.3. The minimum absolute atomic E-state index is 1.19. The molecule has 7 aromatic carbocycles. The highest BCUT2D eigenvalue weighted by atomic mass is 32.2. The van der Waals surface area contributed by atoms with Gasteiger partial charge >= 0.3 is 0 Å². The number of para-hydroxylation sites is 2. The quantitative estimate of drug-likeness (QED) is 0.187. The van der Waals surface area contributed by atoms with Crippen molar-refractivity contribution in [3.63, 3.8) is 0 Å². The van der Waals surface area contributed by atoms with Crippen LogP contribution >= 0.6 is 23.1 Å². The van der Waals surface area contributed by atoms with Gasteiger partial charge in [-0.1, -0.05) is 109 Å². The second kappa shape index (κ2) is 9.13. The van der Waals surface area contributed by atoms with Crippen LogP contribution in [0.25, 0.3) is 86.3 Å². The summed E-state index contributed by atoms with van der Waals surface area (Å²) >= 11 is 3.76. The molecule has 2 nitrogen and oxygen atoms in total. The maximum Gasteiger partial charge on any atom is 0.131 e. The van der Waals surface area contributed by atoms with E-state index in [4.69, 9.17) is 0 Å². The number of thiophene rings is 1. The molecule has 0 amide bonds. The third-order valence-corrected chi connectivity index (χ3v) is 11.9. The first-order valence-electron chi connectivity index (χ1n) is 15.6. The maximum atomic E-state index is 2.53. The zero-order chi connectivity index (χ0) is 29.9. The fourth-order valence-corrected chi connectivity index (χ4v) is 9.96. The molecule has 0 unspecified atom stereocenters. The van der Waals surface area contributed by atoms with E-state index in [0.29, 0.717) is 0 Å². The third-order valence-electron chi connectivity index (χ3n) is 9.68. The first-order valence-corrected chi connectivity index (χ1v) is 17.2. The van der Waals surface area contributed by atoms with Crippen molar-refractivity contribution in [2.24, 2.45) is 0 Å². The van der Waals surface area contributed by atoms with Crippen molar-refractivity contribution >= 4 is 86.9 Å². The maximum absolute atomic E-state index is 2.53. The van der Waals surface area contributed by atoms with Gasteiger partial charge in [0.15, 0.2) is 0 Å². The van der Waals surface area contributed by atoms with Gasteiger partial charge in [0.1, 0.15) is 5.65 Å². The van der Waals surface area contributed by atoms with Gasteiger partial charge in [0.25, 0.3) is 0 Å². The van der Waals surface area contributed by atoms with Crippen LogP contribution in [-0.2, 0) is 0 Å². The van der Waals surface area contributed by atoms with Gasteiger partial charge in [0.05, 0.1) is 16.7 Å². The summed E-state index contributed by atoms with van der Waals surface area (Å²) in [6, 6.07) is 53.9. The smallest absolute Gasteiger partial charge is 0.131 e. The molecule has 0 fully saturated rings. The van der Waals surface area contributed by atoms with E-state index in [1.54, 1.807) is 0 Å². The van der Waals surface area contributed by atoms with E-state index >= 15 is 0 Å². The lowest BCUT2D eigenvalue weighted by Gasteiger charge is -2.21. The lowest BCUT2D eigenvalue weighted by Crippen LogP contribution is -2.05. The summed E-state index contributed by atoms with van der Waals surface area (Å²) in [5.74, 6) is 0. The average molecular weight is 621 g/mol. The molecule has 0 aliphatic carbocycles. The molecule has 46 heavy (non-hydrogen) atoms. The molecule has 0 saturated carbocycles. The number of fused-ring (bicyclic) bond motifs is 11. The number of rotatable bonds is 2. The lowest BCUT2D eigenvalue weighted by molar-refractivity contribution is 1.03. The molecule has 3 aromatic heterocycles. The first kappa shape index (κ1) is 25.0. The van der Waals surface area contributed by atoms with Crippen molar-refractivity contribution in [1.29, 1.82) is 0 Å². The van der Waals surface area contributed by atoms with Crippen LogP contribution in [0.1, 0.15) is 0 Å². The van der Waals surface area contributed by atoms with E-state index in [-0.39, 0.29) is 0 Å². The first-order chi connectivity index (χ1) is 22.8. The monoisotopic (exact) mass is 620 g/mol. The molecule has 0 saturated heterocycles. The molecule has 10 aromatic rings. The van der Waals surface area contributed by atoms with E-state index in [1.807, 2.05) is 23.1 Å². The Morgan fingerprint density at radius 3 is 2.24 bits per heavy atom. The topological polar surface area (TPSA) is 9.86 Å². The highest BCUT2D eigenvalue weighted by Gasteiger charge is 2.29. The summed E-state index contributed by atoms with van der Waals surface area (Å²) in [5, 5.41) is 9.08. The molecule has 11 rings (SSSR count). The van der Waals surface area contributed by atoms with Crippen LogP contribution in [-0.4, -0.2) is 9.13 Å². The number of hydrogen-bond donors (Lipinski definition) is 0. The average Bonchev–Trinajstić information content (AvgIpc) is 3.76. The van der Waals surface area contributed by atoms with E-state index in [0.717, 1.165) is 0 Å². The van der Waals surface area contributed by atoms with Crippen LogP contribution in [0.2, 0.25) is 0 Å². The van der Waals surface area contributed by atoms with Gasteiger partial charge in [-0.3, -0.25) is 9.13 Å². The van der Waals surface area contributed by atoms with E-state index in [2.05, 4.69) is 155 Å². The Balaban J connectivity index is 1.33. The van der Waals surface area contributed by atoms with Crippen LogP contribution in [0.15, 0.2) is 155 Å². The summed E-state index contributed by atoms with van der Waals surface area (Å²) < 4.78 is 7.70. The van der Waals surface area contributed by atoms with Crippen molar-refractivity contribution < 1.29 is 0 Å². The lowest BCUT2D eigenvalue weighted by atomic mass is 9.97. The van der Waals surface area contributed by atoms with Gasteiger partial charge in [0.2, 0.25) is 0 Å². The molecule has 0 spiro atoms.